The summed E-state index contributed by atoms with van der Waals surface area (Å²) in [6, 6.07) is 0. The Labute approximate surface area is 99.5 Å². The van der Waals surface area contributed by atoms with Crippen molar-refractivity contribution in [3.8, 4) is 0 Å². The molecule has 0 aromatic heterocycles. The van der Waals surface area contributed by atoms with E-state index in [0.29, 0.717) is 5.92 Å². The zero-order chi connectivity index (χ0) is 12.4. The van der Waals surface area contributed by atoms with Crippen molar-refractivity contribution in [3.63, 3.8) is 0 Å². The lowest BCUT2D eigenvalue weighted by atomic mass is 9.96. The summed E-state index contributed by atoms with van der Waals surface area (Å²) in [6.45, 7) is 4.22. The summed E-state index contributed by atoms with van der Waals surface area (Å²) in [5.74, 6) is 0.879. The molecule has 0 fully saturated rings. The van der Waals surface area contributed by atoms with E-state index in [-0.39, 0.29) is 12.2 Å². The number of hydrogen-bond donors (Lipinski definition) is 0. The number of carbonyl (C=O) groups excluding carboxylic acids is 1. The molecule has 96 valence electrons. The van der Waals surface area contributed by atoms with E-state index in [2.05, 4.69) is 6.92 Å². The molecule has 0 aromatic carbocycles. The topological polar surface area (TPSA) is 35.5 Å². The van der Waals surface area contributed by atoms with Crippen molar-refractivity contribution in [1.82, 2.24) is 0 Å². The first kappa shape index (κ1) is 15.6. The zero-order valence-electron chi connectivity index (χ0n) is 11.1. The van der Waals surface area contributed by atoms with Gasteiger partial charge in [-0.3, -0.25) is 0 Å². The average molecular weight is 230 g/mol. The molecule has 3 nitrogen and oxygen atoms in total. The summed E-state index contributed by atoms with van der Waals surface area (Å²) in [5.41, 5.74) is 0. The molecule has 16 heavy (non-hydrogen) atoms. The first-order chi connectivity index (χ1) is 7.63. The molecule has 0 bridgehead atoms. The third-order valence-corrected chi connectivity index (χ3v) is 3.01. The molecule has 0 N–H and O–H groups in total. The van der Waals surface area contributed by atoms with Gasteiger partial charge in [-0.15, -0.1) is 0 Å². The Hall–Kier alpha value is -0.410. The van der Waals surface area contributed by atoms with Crippen LogP contribution >= 0.6 is 0 Å². The molecule has 0 saturated carbocycles. The van der Waals surface area contributed by atoms with Crippen molar-refractivity contribution >= 4 is 6.29 Å². The van der Waals surface area contributed by atoms with Crippen LogP contribution in [0.15, 0.2) is 0 Å². The maximum Gasteiger partial charge on any atom is 0.156 e. The Balaban J connectivity index is 3.50. The molecule has 0 rings (SSSR count). The van der Waals surface area contributed by atoms with E-state index in [1.54, 1.807) is 14.2 Å². The van der Waals surface area contributed by atoms with Crippen LogP contribution in [0.3, 0.4) is 0 Å². The highest BCUT2D eigenvalue weighted by Gasteiger charge is 2.09. The van der Waals surface area contributed by atoms with Crippen LogP contribution in [0.5, 0.6) is 0 Å². The van der Waals surface area contributed by atoms with Crippen LogP contribution in [-0.2, 0) is 14.3 Å². The number of aldehydes is 1. The summed E-state index contributed by atoms with van der Waals surface area (Å²) < 4.78 is 10.3. The monoisotopic (exact) mass is 230 g/mol. The maximum atomic E-state index is 10.4. The van der Waals surface area contributed by atoms with Crippen molar-refractivity contribution in [2.24, 2.45) is 11.8 Å². The third kappa shape index (κ3) is 7.83. The Kier molecular flexibility index (Phi) is 9.54. The number of ether oxygens (including phenoxy) is 2. The van der Waals surface area contributed by atoms with Crippen LogP contribution in [0, 0.1) is 11.8 Å². The molecule has 0 spiro atoms. The lowest BCUT2D eigenvalue weighted by Crippen LogP contribution is -2.14. The van der Waals surface area contributed by atoms with Gasteiger partial charge in [-0.05, 0) is 25.2 Å². The number of methoxy groups -OCH3 is 2. The van der Waals surface area contributed by atoms with E-state index in [1.165, 1.54) is 6.42 Å². The summed E-state index contributed by atoms with van der Waals surface area (Å²) in [7, 11) is 3.34. The zero-order valence-corrected chi connectivity index (χ0v) is 11.1. The van der Waals surface area contributed by atoms with Gasteiger partial charge in [0, 0.05) is 20.1 Å². The smallest absolute Gasteiger partial charge is 0.156 e. The Morgan fingerprint density at radius 3 is 2.12 bits per heavy atom. The fourth-order valence-electron chi connectivity index (χ4n) is 1.75. The van der Waals surface area contributed by atoms with Crippen molar-refractivity contribution in [2.75, 3.05) is 14.2 Å². The number of rotatable bonds is 10. The minimum Gasteiger partial charge on any atom is -0.356 e. The van der Waals surface area contributed by atoms with Crippen LogP contribution in [0.1, 0.15) is 46.0 Å². The van der Waals surface area contributed by atoms with E-state index in [1.807, 2.05) is 6.92 Å². The van der Waals surface area contributed by atoms with Gasteiger partial charge in [0.15, 0.2) is 6.29 Å². The molecule has 3 heteroatoms. The predicted molar refractivity (Wildman–Crippen MR) is 65.3 cm³/mol. The molecular formula is C13H26O3. The Morgan fingerprint density at radius 2 is 1.62 bits per heavy atom. The summed E-state index contributed by atoms with van der Waals surface area (Å²) in [6.07, 6.45) is 6.34. The number of hydrogen-bond acceptors (Lipinski definition) is 3. The van der Waals surface area contributed by atoms with Gasteiger partial charge in [0.2, 0.25) is 0 Å². The van der Waals surface area contributed by atoms with Gasteiger partial charge in [0.25, 0.3) is 0 Å². The SMILES string of the molecule is COC(CC[C@H](C)CCC[C@H](C)C=O)OC. The second-order valence-corrected chi connectivity index (χ2v) is 4.63. The largest absolute Gasteiger partial charge is 0.356 e. The molecule has 0 aliphatic rings. The van der Waals surface area contributed by atoms with Gasteiger partial charge < -0.3 is 14.3 Å². The van der Waals surface area contributed by atoms with Crippen molar-refractivity contribution in [3.05, 3.63) is 0 Å². The van der Waals surface area contributed by atoms with Gasteiger partial charge >= 0.3 is 0 Å². The molecule has 2 atom stereocenters. The van der Waals surface area contributed by atoms with Crippen LogP contribution in [0.2, 0.25) is 0 Å². The Morgan fingerprint density at radius 1 is 1.00 bits per heavy atom. The molecule has 0 saturated heterocycles. The first-order valence-electron chi connectivity index (χ1n) is 6.14. The summed E-state index contributed by atoms with van der Waals surface area (Å²) in [4.78, 5) is 10.4. The lowest BCUT2D eigenvalue weighted by Gasteiger charge is -2.16. The third-order valence-electron chi connectivity index (χ3n) is 3.01. The quantitative estimate of drug-likeness (QED) is 0.427. The molecule has 0 aliphatic heterocycles. The van der Waals surface area contributed by atoms with Crippen LogP contribution in [0.4, 0.5) is 0 Å². The van der Waals surface area contributed by atoms with Crippen LogP contribution in [-0.4, -0.2) is 26.8 Å². The Bertz CT molecular complexity index is 167. The van der Waals surface area contributed by atoms with Gasteiger partial charge in [0.05, 0.1) is 0 Å². The molecular weight excluding hydrogens is 204 g/mol. The van der Waals surface area contributed by atoms with Gasteiger partial charge in [-0.2, -0.15) is 0 Å². The molecule has 0 unspecified atom stereocenters. The van der Waals surface area contributed by atoms with Crippen LogP contribution < -0.4 is 0 Å². The van der Waals surface area contributed by atoms with E-state index >= 15 is 0 Å². The van der Waals surface area contributed by atoms with Crippen molar-refractivity contribution in [1.29, 1.82) is 0 Å². The van der Waals surface area contributed by atoms with E-state index in [9.17, 15) is 4.79 Å². The fourth-order valence-corrected chi connectivity index (χ4v) is 1.75. The fraction of sp³-hybridized carbons (Fsp3) is 0.923. The highest BCUT2D eigenvalue weighted by atomic mass is 16.7. The molecule has 0 radical (unpaired) electrons. The molecule has 0 aromatic rings. The number of carbonyl (C=O) groups is 1. The molecule has 0 heterocycles. The summed E-state index contributed by atoms with van der Waals surface area (Å²) in [5, 5.41) is 0. The average Bonchev–Trinajstić information content (AvgIpc) is 2.30. The van der Waals surface area contributed by atoms with Crippen LogP contribution in [0.25, 0.3) is 0 Å². The summed E-state index contributed by atoms with van der Waals surface area (Å²) >= 11 is 0. The minimum absolute atomic E-state index is 0.0728. The maximum absolute atomic E-state index is 10.4. The van der Waals surface area contributed by atoms with E-state index in [4.69, 9.17) is 9.47 Å². The van der Waals surface area contributed by atoms with Gasteiger partial charge in [-0.1, -0.05) is 26.7 Å². The predicted octanol–water partition coefficient (Wildman–Crippen LogP) is 3.03. The van der Waals surface area contributed by atoms with Gasteiger partial charge in [0.1, 0.15) is 6.29 Å². The lowest BCUT2D eigenvalue weighted by molar-refractivity contribution is -0.110. The van der Waals surface area contributed by atoms with E-state index < -0.39 is 0 Å². The highest BCUT2D eigenvalue weighted by molar-refractivity contribution is 5.52. The first-order valence-corrected chi connectivity index (χ1v) is 6.14. The molecule has 0 amide bonds. The second-order valence-electron chi connectivity index (χ2n) is 4.63. The standard InChI is InChI=1S/C13H26O3/c1-11(6-5-7-12(2)10-14)8-9-13(15-3)16-4/h10-13H,5-9H2,1-4H3/t11-,12+/m1/s1. The van der Waals surface area contributed by atoms with Crippen molar-refractivity contribution < 1.29 is 14.3 Å². The normalized spacial score (nSPS) is 15.1. The second kappa shape index (κ2) is 9.79. The van der Waals surface area contributed by atoms with Gasteiger partial charge in [-0.25, -0.2) is 0 Å². The van der Waals surface area contributed by atoms with E-state index in [0.717, 1.165) is 32.0 Å². The van der Waals surface area contributed by atoms with Crippen molar-refractivity contribution in [2.45, 2.75) is 52.2 Å². The molecule has 0 aliphatic carbocycles. The minimum atomic E-state index is -0.0728. The highest BCUT2D eigenvalue weighted by Crippen LogP contribution is 2.17.